The smallest absolute Gasteiger partial charge is 0.254 e. The topological polar surface area (TPSA) is 75.2 Å². The van der Waals surface area contributed by atoms with E-state index in [1.54, 1.807) is 41.0 Å². The molecule has 0 saturated heterocycles. The lowest BCUT2D eigenvalue weighted by Gasteiger charge is -2.22. The second-order valence-corrected chi connectivity index (χ2v) is 6.30. The Morgan fingerprint density at radius 1 is 1.17 bits per heavy atom. The van der Waals surface area contributed by atoms with Crippen molar-refractivity contribution in [3.05, 3.63) is 41.7 Å². The third-order valence-corrected chi connectivity index (χ3v) is 4.20. The molecule has 0 bridgehead atoms. The average Bonchev–Trinajstić information content (AvgIpc) is 3.10. The number of carbonyl (C=O) groups is 2. The lowest BCUT2D eigenvalue weighted by atomic mass is 10.2. The van der Waals surface area contributed by atoms with Gasteiger partial charge in [0.2, 0.25) is 5.91 Å². The maximum absolute atomic E-state index is 12.7. The number of pyridine rings is 1. The van der Waals surface area contributed by atoms with E-state index in [1.807, 2.05) is 0 Å². The van der Waals surface area contributed by atoms with Gasteiger partial charge < -0.3 is 10.2 Å². The van der Waals surface area contributed by atoms with Crippen LogP contribution in [0.5, 0.6) is 0 Å². The minimum atomic E-state index is -0.233. The zero-order valence-electron chi connectivity index (χ0n) is 13.8. The van der Waals surface area contributed by atoms with Gasteiger partial charge in [-0.15, -0.1) is 11.3 Å². The number of rotatable bonds is 9. The lowest BCUT2D eigenvalue weighted by molar-refractivity contribution is -0.116. The van der Waals surface area contributed by atoms with Crippen LogP contribution in [0.3, 0.4) is 0 Å². The van der Waals surface area contributed by atoms with Crippen molar-refractivity contribution in [1.82, 2.24) is 14.9 Å². The van der Waals surface area contributed by atoms with Gasteiger partial charge in [-0.2, -0.15) is 0 Å². The monoisotopic (exact) mass is 346 g/mol. The Bertz CT molecular complexity index is 631. The van der Waals surface area contributed by atoms with Crippen molar-refractivity contribution >= 4 is 28.3 Å². The van der Waals surface area contributed by atoms with Gasteiger partial charge in [0.25, 0.3) is 5.91 Å². The summed E-state index contributed by atoms with van der Waals surface area (Å²) in [5, 5.41) is 5.06. The van der Waals surface area contributed by atoms with Crippen LogP contribution in [-0.4, -0.2) is 39.8 Å². The Morgan fingerprint density at radius 3 is 2.62 bits per heavy atom. The number of nitrogens with one attached hydrogen (secondary N) is 1. The summed E-state index contributed by atoms with van der Waals surface area (Å²) in [7, 11) is 0. The third kappa shape index (κ3) is 5.73. The Kier molecular flexibility index (Phi) is 7.35. The van der Waals surface area contributed by atoms with Gasteiger partial charge in [-0.25, -0.2) is 4.98 Å². The first kappa shape index (κ1) is 18.1. The Labute approximate surface area is 145 Å². The molecular formula is C17H22N4O2S. The van der Waals surface area contributed by atoms with Gasteiger partial charge in [0, 0.05) is 36.1 Å². The Balaban J connectivity index is 1.98. The molecule has 2 aromatic rings. The second-order valence-electron chi connectivity index (χ2n) is 5.41. The van der Waals surface area contributed by atoms with Crippen LogP contribution in [0.15, 0.2) is 36.1 Å². The molecule has 0 atom stereocenters. The number of hydrogen-bond donors (Lipinski definition) is 1. The standard InChI is InChI=1S/C17H22N4O2S/c1-2-3-4-5-11-21(16(23)14-6-8-18-9-7-14)13-15(22)20-17-19-10-12-24-17/h6-10,12H,2-5,11,13H2,1H3,(H,19,20,22). The second kappa shape index (κ2) is 9.77. The summed E-state index contributed by atoms with van der Waals surface area (Å²) in [6.45, 7) is 2.72. The van der Waals surface area contributed by atoms with E-state index in [9.17, 15) is 9.59 Å². The molecule has 2 aromatic heterocycles. The van der Waals surface area contributed by atoms with E-state index in [2.05, 4.69) is 22.2 Å². The molecule has 0 aliphatic carbocycles. The first-order valence-corrected chi connectivity index (χ1v) is 8.97. The highest BCUT2D eigenvalue weighted by atomic mass is 32.1. The summed E-state index contributed by atoms with van der Waals surface area (Å²) in [4.78, 5) is 34.4. The van der Waals surface area contributed by atoms with Crippen LogP contribution in [0.2, 0.25) is 0 Å². The molecule has 7 heteroatoms. The fourth-order valence-corrected chi connectivity index (χ4v) is 2.82. The van der Waals surface area contributed by atoms with Gasteiger partial charge in [0.15, 0.2) is 5.13 Å². The lowest BCUT2D eigenvalue weighted by Crippen LogP contribution is -2.38. The molecule has 2 heterocycles. The molecule has 1 N–H and O–H groups in total. The SMILES string of the molecule is CCCCCCN(CC(=O)Nc1nccs1)C(=O)c1ccncc1. The Morgan fingerprint density at radius 2 is 1.96 bits per heavy atom. The zero-order valence-corrected chi connectivity index (χ0v) is 14.6. The van der Waals surface area contributed by atoms with Crippen LogP contribution >= 0.6 is 11.3 Å². The molecule has 6 nitrogen and oxygen atoms in total. The highest BCUT2D eigenvalue weighted by Crippen LogP contribution is 2.11. The largest absolute Gasteiger partial charge is 0.329 e. The number of nitrogens with zero attached hydrogens (tertiary/aromatic N) is 3. The molecule has 0 spiro atoms. The summed E-state index contributed by atoms with van der Waals surface area (Å²) >= 11 is 1.35. The fraction of sp³-hybridized carbons (Fsp3) is 0.412. The van der Waals surface area contributed by atoms with Crippen molar-refractivity contribution in [2.75, 3.05) is 18.4 Å². The van der Waals surface area contributed by atoms with Crippen LogP contribution in [0, 0.1) is 0 Å². The number of hydrogen-bond acceptors (Lipinski definition) is 5. The maximum atomic E-state index is 12.7. The number of amides is 2. The van der Waals surface area contributed by atoms with Crippen molar-refractivity contribution in [3.8, 4) is 0 Å². The highest BCUT2D eigenvalue weighted by molar-refractivity contribution is 7.13. The average molecular weight is 346 g/mol. The molecule has 0 fully saturated rings. The number of carbonyl (C=O) groups excluding carboxylic acids is 2. The molecule has 24 heavy (non-hydrogen) atoms. The Hall–Kier alpha value is -2.28. The quantitative estimate of drug-likeness (QED) is 0.708. The molecule has 2 rings (SSSR count). The fourth-order valence-electron chi connectivity index (χ4n) is 2.28. The van der Waals surface area contributed by atoms with Crippen LogP contribution in [-0.2, 0) is 4.79 Å². The van der Waals surface area contributed by atoms with Gasteiger partial charge in [0.05, 0.1) is 0 Å². The molecule has 0 aliphatic heterocycles. The van der Waals surface area contributed by atoms with E-state index in [4.69, 9.17) is 0 Å². The number of aromatic nitrogens is 2. The van der Waals surface area contributed by atoms with Crippen LogP contribution in [0.25, 0.3) is 0 Å². The van der Waals surface area contributed by atoms with E-state index in [-0.39, 0.29) is 18.4 Å². The molecule has 0 aromatic carbocycles. The molecule has 2 amide bonds. The normalized spacial score (nSPS) is 10.4. The molecule has 0 unspecified atom stereocenters. The summed E-state index contributed by atoms with van der Waals surface area (Å²) in [5.74, 6) is -0.383. The van der Waals surface area contributed by atoms with Gasteiger partial charge in [0.1, 0.15) is 6.54 Å². The summed E-state index contributed by atoms with van der Waals surface area (Å²) in [5.41, 5.74) is 0.544. The van der Waals surface area contributed by atoms with Gasteiger partial charge >= 0.3 is 0 Å². The van der Waals surface area contributed by atoms with Gasteiger partial charge in [-0.3, -0.25) is 14.6 Å². The van der Waals surface area contributed by atoms with Crippen molar-refractivity contribution in [3.63, 3.8) is 0 Å². The molecule has 0 saturated carbocycles. The van der Waals surface area contributed by atoms with E-state index >= 15 is 0 Å². The van der Waals surface area contributed by atoms with Gasteiger partial charge in [-0.05, 0) is 18.6 Å². The van der Waals surface area contributed by atoms with Gasteiger partial charge in [-0.1, -0.05) is 26.2 Å². The minimum Gasteiger partial charge on any atom is -0.329 e. The highest BCUT2D eigenvalue weighted by Gasteiger charge is 2.19. The number of thiazole rings is 1. The van der Waals surface area contributed by atoms with Crippen LogP contribution in [0.1, 0.15) is 43.0 Å². The predicted octanol–water partition coefficient (Wildman–Crippen LogP) is 3.20. The molecule has 0 aliphatic rings. The van der Waals surface area contributed by atoms with Crippen molar-refractivity contribution < 1.29 is 9.59 Å². The summed E-state index contributed by atoms with van der Waals surface area (Å²) in [6.07, 6.45) is 8.98. The first-order valence-electron chi connectivity index (χ1n) is 8.09. The van der Waals surface area contributed by atoms with Crippen LogP contribution in [0.4, 0.5) is 5.13 Å². The first-order chi connectivity index (χ1) is 11.7. The summed E-state index contributed by atoms with van der Waals surface area (Å²) in [6, 6.07) is 3.33. The molecular weight excluding hydrogens is 324 g/mol. The molecule has 128 valence electrons. The minimum absolute atomic E-state index is 0.0207. The van der Waals surface area contributed by atoms with E-state index in [0.717, 1.165) is 25.7 Å². The third-order valence-electron chi connectivity index (χ3n) is 3.51. The summed E-state index contributed by atoms with van der Waals surface area (Å²) < 4.78 is 0. The van der Waals surface area contributed by atoms with Crippen molar-refractivity contribution in [1.29, 1.82) is 0 Å². The van der Waals surface area contributed by atoms with E-state index < -0.39 is 0 Å². The predicted molar refractivity (Wildman–Crippen MR) is 95.0 cm³/mol. The molecule has 0 radical (unpaired) electrons. The van der Waals surface area contributed by atoms with Crippen molar-refractivity contribution in [2.24, 2.45) is 0 Å². The maximum Gasteiger partial charge on any atom is 0.254 e. The van der Waals surface area contributed by atoms with Crippen molar-refractivity contribution in [2.45, 2.75) is 32.6 Å². The van der Waals surface area contributed by atoms with Crippen LogP contribution < -0.4 is 5.32 Å². The number of anilines is 1. The number of unbranched alkanes of at least 4 members (excludes halogenated alkanes) is 3. The van der Waals surface area contributed by atoms with E-state index in [0.29, 0.717) is 17.2 Å². The zero-order chi connectivity index (χ0) is 17.2. The van der Waals surface area contributed by atoms with E-state index in [1.165, 1.54) is 11.3 Å².